The fourth-order valence-corrected chi connectivity index (χ4v) is 2.76. The zero-order chi connectivity index (χ0) is 13.7. The highest BCUT2D eigenvalue weighted by atomic mass is 32.1. The summed E-state index contributed by atoms with van der Waals surface area (Å²) in [5, 5.41) is 12.9. The van der Waals surface area contributed by atoms with Crippen LogP contribution < -0.4 is 5.32 Å². The van der Waals surface area contributed by atoms with E-state index in [1.807, 2.05) is 0 Å². The van der Waals surface area contributed by atoms with E-state index in [1.165, 1.54) is 4.88 Å². The molecule has 102 valence electrons. The Balaban J connectivity index is 1.96. The lowest BCUT2D eigenvalue weighted by Crippen LogP contribution is -2.05. The third-order valence-electron chi connectivity index (χ3n) is 2.84. The van der Waals surface area contributed by atoms with E-state index in [9.17, 15) is 4.79 Å². The van der Waals surface area contributed by atoms with Gasteiger partial charge in [0.15, 0.2) is 0 Å². The van der Waals surface area contributed by atoms with Crippen molar-refractivity contribution in [3.8, 4) is 0 Å². The Bertz CT molecular complexity index is 568. The Morgan fingerprint density at radius 2 is 2.26 bits per heavy atom. The van der Waals surface area contributed by atoms with Gasteiger partial charge in [0.05, 0.1) is 5.39 Å². The molecule has 0 unspecified atom stereocenters. The minimum Gasteiger partial charge on any atom is -0.481 e. The van der Waals surface area contributed by atoms with Crippen molar-refractivity contribution in [2.75, 3.05) is 11.9 Å². The summed E-state index contributed by atoms with van der Waals surface area (Å²) in [4.78, 5) is 21.2. The smallest absolute Gasteiger partial charge is 0.303 e. The van der Waals surface area contributed by atoms with E-state index in [1.54, 1.807) is 17.7 Å². The number of rotatable bonds is 7. The van der Waals surface area contributed by atoms with Crippen molar-refractivity contribution >= 4 is 33.3 Å². The largest absolute Gasteiger partial charge is 0.481 e. The molecule has 0 aliphatic heterocycles. The van der Waals surface area contributed by atoms with Gasteiger partial charge in [0, 0.05) is 17.8 Å². The van der Waals surface area contributed by atoms with Crippen molar-refractivity contribution in [3.63, 3.8) is 0 Å². The molecule has 0 aliphatic rings. The van der Waals surface area contributed by atoms with E-state index in [4.69, 9.17) is 5.11 Å². The maximum Gasteiger partial charge on any atom is 0.303 e. The third-order valence-corrected chi connectivity index (χ3v) is 4.03. The second kappa shape index (κ2) is 6.47. The van der Waals surface area contributed by atoms with E-state index in [2.05, 4.69) is 28.3 Å². The molecule has 0 spiro atoms. The number of fused-ring (bicyclic) bond motifs is 1. The number of carbonyl (C=O) groups is 1. The Morgan fingerprint density at radius 1 is 1.42 bits per heavy atom. The topological polar surface area (TPSA) is 75.1 Å². The molecule has 0 fully saturated rings. The predicted molar refractivity (Wildman–Crippen MR) is 76.8 cm³/mol. The Kier molecular flexibility index (Phi) is 4.68. The highest BCUT2D eigenvalue weighted by Crippen LogP contribution is 2.28. The molecule has 5 nitrogen and oxygen atoms in total. The molecule has 2 rings (SSSR count). The van der Waals surface area contributed by atoms with Crippen LogP contribution in [0.25, 0.3) is 10.2 Å². The first-order valence-electron chi connectivity index (χ1n) is 6.39. The van der Waals surface area contributed by atoms with Crippen LogP contribution in [0.1, 0.15) is 31.1 Å². The predicted octanol–water partition coefficient (Wildman–Crippen LogP) is 2.92. The molecule has 2 aromatic heterocycles. The van der Waals surface area contributed by atoms with Crippen molar-refractivity contribution < 1.29 is 9.90 Å². The Morgan fingerprint density at radius 3 is 3.00 bits per heavy atom. The molecule has 0 aromatic carbocycles. The number of carboxylic acid groups (broad SMARTS) is 1. The number of carboxylic acids is 1. The SMILES string of the molecule is CCc1cc2c(NCCCCC(=O)O)ncnc2s1. The number of aromatic nitrogens is 2. The highest BCUT2D eigenvalue weighted by molar-refractivity contribution is 7.18. The number of nitrogens with zero attached hydrogens (tertiary/aromatic N) is 2. The second-order valence-corrected chi connectivity index (χ2v) is 5.40. The molecule has 6 heteroatoms. The van der Waals surface area contributed by atoms with Gasteiger partial charge in [-0.05, 0) is 25.3 Å². The van der Waals surface area contributed by atoms with Crippen molar-refractivity contribution in [1.29, 1.82) is 0 Å². The average molecular weight is 279 g/mol. The molecule has 0 aliphatic carbocycles. The number of nitrogens with one attached hydrogen (secondary N) is 1. The zero-order valence-electron chi connectivity index (χ0n) is 10.8. The minimum atomic E-state index is -0.741. The molecular weight excluding hydrogens is 262 g/mol. The number of anilines is 1. The molecule has 0 amide bonds. The monoisotopic (exact) mass is 279 g/mol. The van der Waals surface area contributed by atoms with Crippen LogP contribution >= 0.6 is 11.3 Å². The summed E-state index contributed by atoms with van der Waals surface area (Å²) in [5.74, 6) is 0.103. The average Bonchev–Trinajstić information content (AvgIpc) is 2.81. The molecule has 2 heterocycles. The quantitative estimate of drug-likeness (QED) is 0.762. The van der Waals surface area contributed by atoms with Crippen LogP contribution in [0.4, 0.5) is 5.82 Å². The maximum atomic E-state index is 10.4. The molecule has 0 atom stereocenters. The van der Waals surface area contributed by atoms with Gasteiger partial charge in [-0.3, -0.25) is 4.79 Å². The molecule has 19 heavy (non-hydrogen) atoms. The first-order valence-corrected chi connectivity index (χ1v) is 7.21. The van der Waals surface area contributed by atoms with Crippen LogP contribution in [0.5, 0.6) is 0 Å². The van der Waals surface area contributed by atoms with Crippen molar-refractivity contribution in [1.82, 2.24) is 9.97 Å². The van der Waals surface area contributed by atoms with E-state index in [-0.39, 0.29) is 6.42 Å². The van der Waals surface area contributed by atoms with Crippen LogP contribution in [0.3, 0.4) is 0 Å². The lowest BCUT2D eigenvalue weighted by Gasteiger charge is -2.05. The van der Waals surface area contributed by atoms with Crippen molar-refractivity contribution in [2.24, 2.45) is 0 Å². The highest BCUT2D eigenvalue weighted by Gasteiger charge is 2.07. The van der Waals surface area contributed by atoms with Gasteiger partial charge in [0.25, 0.3) is 0 Å². The molecular formula is C13H17N3O2S. The number of hydrogen-bond donors (Lipinski definition) is 2. The van der Waals surface area contributed by atoms with Gasteiger partial charge < -0.3 is 10.4 Å². The van der Waals surface area contributed by atoms with Gasteiger partial charge in [-0.15, -0.1) is 11.3 Å². The number of thiophene rings is 1. The van der Waals surface area contributed by atoms with E-state index < -0.39 is 5.97 Å². The minimum absolute atomic E-state index is 0.222. The number of aryl methyl sites for hydroxylation is 1. The molecule has 0 radical (unpaired) electrons. The lowest BCUT2D eigenvalue weighted by atomic mass is 10.2. The van der Waals surface area contributed by atoms with Crippen molar-refractivity contribution in [2.45, 2.75) is 32.6 Å². The number of hydrogen-bond acceptors (Lipinski definition) is 5. The lowest BCUT2D eigenvalue weighted by molar-refractivity contribution is -0.137. The summed E-state index contributed by atoms with van der Waals surface area (Å²) in [6, 6.07) is 2.12. The fourth-order valence-electron chi connectivity index (χ4n) is 1.83. The normalized spacial score (nSPS) is 10.8. The van der Waals surface area contributed by atoms with Crippen LogP contribution in [0, 0.1) is 0 Å². The molecule has 0 saturated heterocycles. The summed E-state index contributed by atoms with van der Waals surface area (Å²) in [5.41, 5.74) is 0. The van der Waals surface area contributed by atoms with E-state index >= 15 is 0 Å². The maximum absolute atomic E-state index is 10.4. The van der Waals surface area contributed by atoms with Crippen molar-refractivity contribution in [3.05, 3.63) is 17.3 Å². The third kappa shape index (κ3) is 3.64. The molecule has 0 saturated carbocycles. The van der Waals surface area contributed by atoms with Gasteiger partial charge in [-0.25, -0.2) is 9.97 Å². The van der Waals surface area contributed by atoms with E-state index in [0.717, 1.165) is 35.4 Å². The van der Waals surface area contributed by atoms with Crippen LogP contribution in [-0.4, -0.2) is 27.6 Å². The Labute approximate surface area is 115 Å². The fraction of sp³-hybridized carbons (Fsp3) is 0.462. The van der Waals surface area contributed by atoms with Gasteiger partial charge in [0.2, 0.25) is 0 Å². The van der Waals surface area contributed by atoms with Gasteiger partial charge in [-0.2, -0.15) is 0 Å². The van der Waals surface area contributed by atoms with Crippen LogP contribution in [-0.2, 0) is 11.2 Å². The van der Waals surface area contributed by atoms with Crippen LogP contribution in [0.2, 0.25) is 0 Å². The first-order chi connectivity index (χ1) is 9.20. The molecule has 0 bridgehead atoms. The first kappa shape index (κ1) is 13.7. The van der Waals surface area contributed by atoms with E-state index in [0.29, 0.717) is 6.42 Å². The molecule has 2 aromatic rings. The van der Waals surface area contributed by atoms with Gasteiger partial charge in [-0.1, -0.05) is 6.92 Å². The number of aliphatic carboxylic acids is 1. The van der Waals surface area contributed by atoms with Gasteiger partial charge >= 0.3 is 5.97 Å². The summed E-state index contributed by atoms with van der Waals surface area (Å²) in [6.45, 7) is 2.86. The summed E-state index contributed by atoms with van der Waals surface area (Å²) in [6.07, 6.45) is 4.29. The van der Waals surface area contributed by atoms with Gasteiger partial charge in [0.1, 0.15) is 17.0 Å². The summed E-state index contributed by atoms with van der Waals surface area (Å²) >= 11 is 1.69. The summed E-state index contributed by atoms with van der Waals surface area (Å²) < 4.78 is 0. The molecule has 2 N–H and O–H groups in total. The summed E-state index contributed by atoms with van der Waals surface area (Å²) in [7, 11) is 0. The standard InChI is InChI=1S/C13H17N3O2S/c1-2-9-7-10-12(15-8-16-13(10)19-9)14-6-4-3-5-11(17)18/h7-8H,2-6H2,1H3,(H,17,18)(H,14,15,16). The number of unbranched alkanes of at least 4 members (excludes halogenated alkanes) is 1. The Hall–Kier alpha value is -1.69. The second-order valence-electron chi connectivity index (χ2n) is 4.28. The van der Waals surface area contributed by atoms with Crippen LogP contribution in [0.15, 0.2) is 12.4 Å². The zero-order valence-corrected chi connectivity index (χ0v) is 11.7.